The Kier molecular flexibility index (Phi) is 3.25. The SMILES string of the molecule is N#CC1=C(N)Oc2n[nH]c(C(F)(F)F)c2C1c1cccc(F)c1. The van der Waals surface area contributed by atoms with Crippen LogP contribution in [0, 0.1) is 17.1 Å². The molecule has 118 valence electrons. The minimum Gasteiger partial charge on any atom is -0.420 e. The van der Waals surface area contributed by atoms with E-state index in [0.717, 1.165) is 12.1 Å². The number of ether oxygens (including phenoxy) is 1. The third-order valence-corrected chi connectivity index (χ3v) is 3.40. The van der Waals surface area contributed by atoms with Gasteiger partial charge in [-0.1, -0.05) is 12.1 Å². The second-order valence-electron chi connectivity index (χ2n) is 4.80. The lowest BCUT2D eigenvalue weighted by molar-refractivity contribution is -0.141. The zero-order chi connectivity index (χ0) is 16.8. The molecular formula is C14H8F4N4O. The Balaban J connectivity index is 2.28. The Labute approximate surface area is 127 Å². The van der Waals surface area contributed by atoms with Gasteiger partial charge in [0.1, 0.15) is 23.2 Å². The van der Waals surface area contributed by atoms with E-state index in [4.69, 9.17) is 10.5 Å². The van der Waals surface area contributed by atoms with Crippen LogP contribution < -0.4 is 10.5 Å². The number of rotatable bonds is 1. The van der Waals surface area contributed by atoms with Crippen LogP contribution in [0.25, 0.3) is 0 Å². The molecule has 1 aliphatic rings. The van der Waals surface area contributed by atoms with Crippen molar-refractivity contribution >= 4 is 0 Å². The summed E-state index contributed by atoms with van der Waals surface area (Å²) in [7, 11) is 0. The fourth-order valence-corrected chi connectivity index (χ4v) is 2.48. The highest BCUT2D eigenvalue weighted by Crippen LogP contribution is 2.46. The molecule has 0 spiro atoms. The average molecular weight is 324 g/mol. The van der Waals surface area contributed by atoms with Crippen LogP contribution in [0.4, 0.5) is 17.6 Å². The molecule has 3 N–H and O–H groups in total. The second kappa shape index (κ2) is 5.01. The van der Waals surface area contributed by atoms with Crippen LogP contribution in [0.5, 0.6) is 5.88 Å². The molecule has 1 atom stereocenters. The lowest BCUT2D eigenvalue weighted by Gasteiger charge is -2.24. The third kappa shape index (κ3) is 2.38. The van der Waals surface area contributed by atoms with Crippen molar-refractivity contribution in [2.24, 2.45) is 5.73 Å². The predicted octanol–water partition coefficient (Wildman–Crippen LogP) is 2.79. The van der Waals surface area contributed by atoms with Gasteiger partial charge in [-0.15, -0.1) is 5.10 Å². The molecule has 0 saturated carbocycles. The largest absolute Gasteiger partial charge is 0.433 e. The minimum atomic E-state index is -4.75. The van der Waals surface area contributed by atoms with Crippen molar-refractivity contribution in [3.05, 3.63) is 58.4 Å². The van der Waals surface area contributed by atoms with Crippen LogP contribution in [-0.4, -0.2) is 10.2 Å². The zero-order valence-electron chi connectivity index (χ0n) is 11.3. The summed E-state index contributed by atoms with van der Waals surface area (Å²) in [4.78, 5) is 0. The quantitative estimate of drug-likeness (QED) is 0.790. The lowest BCUT2D eigenvalue weighted by atomic mass is 9.84. The van der Waals surface area contributed by atoms with Crippen molar-refractivity contribution in [2.45, 2.75) is 12.1 Å². The molecule has 9 heteroatoms. The number of alkyl halides is 3. The highest BCUT2D eigenvalue weighted by Gasteiger charge is 2.44. The lowest BCUT2D eigenvalue weighted by Crippen LogP contribution is -2.22. The number of nitrogens with two attached hydrogens (primary N) is 1. The first kappa shape index (κ1) is 14.9. The Hall–Kier alpha value is -3.02. The van der Waals surface area contributed by atoms with Crippen molar-refractivity contribution < 1.29 is 22.3 Å². The van der Waals surface area contributed by atoms with Crippen LogP contribution in [0.1, 0.15) is 22.7 Å². The zero-order valence-corrected chi connectivity index (χ0v) is 11.3. The smallest absolute Gasteiger partial charge is 0.420 e. The van der Waals surface area contributed by atoms with E-state index >= 15 is 0 Å². The van der Waals surface area contributed by atoms with Gasteiger partial charge >= 0.3 is 6.18 Å². The summed E-state index contributed by atoms with van der Waals surface area (Å²) in [5, 5.41) is 14.6. The Morgan fingerprint density at radius 2 is 2.09 bits per heavy atom. The number of allylic oxidation sites excluding steroid dienone is 1. The number of nitriles is 1. The molecule has 5 nitrogen and oxygen atoms in total. The Bertz CT molecular complexity index is 847. The van der Waals surface area contributed by atoms with E-state index in [1.54, 1.807) is 6.07 Å². The molecule has 0 aliphatic carbocycles. The van der Waals surface area contributed by atoms with Crippen LogP contribution in [0.3, 0.4) is 0 Å². The second-order valence-corrected chi connectivity index (χ2v) is 4.80. The van der Waals surface area contributed by atoms with Gasteiger partial charge < -0.3 is 10.5 Å². The van der Waals surface area contributed by atoms with E-state index in [1.807, 2.05) is 5.10 Å². The molecule has 0 saturated heterocycles. The van der Waals surface area contributed by atoms with Crippen LogP contribution >= 0.6 is 0 Å². The van der Waals surface area contributed by atoms with E-state index in [-0.39, 0.29) is 22.9 Å². The highest BCUT2D eigenvalue weighted by molar-refractivity contribution is 5.55. The summed E-state index contributed by atoms with van der Waals surface area (Å²) >= 11 is 0. The van der Waals surface area contributed by atoms with Crippen LogP contribution in [0.15, 0.2) is 35.7 Å². The number of nitrogens with zero attached hydrogens (tertiary/aromatic N) is 2. The van der Waals surface area contributed by atoms with E-state index in [0.29, 0.717) is 0 Å². The topological polar surface area (TPSA) is 87.7 Å². The molecule has 0 amide bonds. The number of nitrogens with one attached hydrogen (secondary N) is 1. The van der Waals surface area contributed by atoms with Gasteiger partial charge in [0.25, 0.3) is 0 Å². The average Bonchev–Trinajstić information content (AvgIpc) is 2.89. The molecule has 23 heavy (non-hydrogen) atoms. The first-order valence-corrected chi connectivity index (χ1v) is 6.31. The monoisotopic (exact) mass is 324 g/mol. The maximum absolute atomic E-state index is 13.5. The van der Waals surface area contributed by atoms with E-state index in [9.17, 15) is 22.8 Å². The summed E-state index contributed by atoms with van der Waals surface area (Å²) in [6.45, 7) is 0. The number of hydrogen-bond acceptors (Lipinski definition) is 4. The van der Waals surface area contributed by atoms with Gasteiger partial charge in [0.2, 0.25) is 11.8 Å². The predicted molar refractivity (Wildman–Crippen MR) is 69.3 cm³/mol. The Morgan fingerprint density at radius 3 is 2.70 bits per heavy atom. The van der Waals surface area contributed by atoms with Crippen LogP contribution in [-0.2, 0) is 6.18 Å². The number of benzene rings is 1. The van der Waals surface area contributed by atoms with Crippen molar-refractivity contribution in [2.75, 3.05) is 0 Å². The van der Waals surface area contributed by atoms with Gasteiger partial charge in [-0.25, -0.2) is 4.39 Å². The summed E-state index contributed by atoms with van der Waals surface area (Å²) in [6, 6.07) is 6.65. The minimum absolute atomic E-state index is 0.140. The molecule has 1 aliphatic heterocycles. The van der Waals surface area contributed by atoms with E-state index in [2.05, 4.69) is 5.10 Å². The molecule has 0 radical (unpaired) electrons. The normalized spacial score (nSPS) is 17.4. The highest BCUT2D eigenvalue weighted by atomic mass is 19.4. The maximum Gasteiger partial charge on any atom is 0.433 e. The number of H-pyrrole nitrogens is 1. The van der Waals surface area contributed by atoms with Gasteiger partial charge in [-0.05, 0) is 17.7 Å². The van der Waals surface area contributed by atoms with E-state index < -0.39 is 29.2 Å². The van der Waals surface area contributed by atoms with Crippen molar-refractivity contribution in [3.8, 4) is 11.9 Å². The summed E-state index contributed by atoms with van der Waals surface area (Å²) < 4.78 is 58.0. The van der Waals surface area contributed by atoms with E-state index in [1.165, 1.54) is 12.1 Å². The van der Waals surface area contributed by atoms with Crippen LogP contribution in [0.2, 0.25) is 0 Å². The standard InChI is InChI=1S/C14H8F4N4O/c15-7-3-1-2-6(4-7)9-8(5-19)12(20)23-13-10(9)11(21-22-13)14(16,17)18/h1-4,9H,20H2,(H,21,22). The number of halogens is 4. The first-order valence-electron chi connectivity index (χ1n) is 6.31. The van der Waals surface area contributed by atoms with Gasteiger partial charge in [-0.2, -0.15) is 18.4 Å². The van der Waals surface area contributed by atoms with Gasteiger partial charge in [-0.3, -0.25) is 5.10 Å². The molecule has 2 aromatic rings. The van der Waals surface area contributed by atoms with Gasteiger partial charge in [0.05, 0.1) is 11.5 Å². The summed E-state index contributed by atoms with van der Waals surface area (Å²) in [5.74, 6) is -2.63. The molecule has 3 rings (SSSR count). The summed E-state index contributed by atoms with van der Waals surface area (Å²) in [5.41, 5.74) is 3.93. The van der Waals surface area contributed by atoms with Crippen molar-refractivity contribution in [3.63, 3.8) is 0 Å². The molecule has 0 fully saturated rings. The number of hydrogen-bond donors (Lipinski definition) is 2. The molecule has 1 aromatic carbocycles. The Morgan fingerprint density at radius 1 is 1.35 bits per heavy atom. The fourth-order valence-electron chi connectivity index (χ4n) is 2.48. The molecular weight excluding hydrogens is 316 g/mol. The molecule has 0 bridgehead atoms. The molecule has 1 unspecified atom stereocenters. The van der Waals surface area contributed by atoms with Crippen molar-refractivity contribution in [1.29, 1.82) is 5.26 Å². The number of aromatic nitrogens is 2. The maximum atomic E-state index is 13.5. The summed E-state index contributed by atoms with van der Waals surface area (Å²) in [6.07, 6.45) is -4.75. The van der Waals surface area contributed by atoms with Crippen molar-refractivity contribution in [1.82, 2.24) is 10.2 Å². The molecule has 2 heterocycles. The third-order valence-electron chi connectivity index (χ3n) is 3.40. The number of fused-ring (bicyclic) bond motifs is 1. The van der Waals surface area contributed by atoms with Gasteiger partial charge in [0.15, 0.2) is 0 Å². The first-order chi connectivity index (χ1) is 10.8. The number of aromatic amines is 1. The fraction of sp³-hybridized carbons (Fsp3) is 0.143. The van der Waals surface area contributed by atoms with Gasteiger partial charge in [0, 0.05) is 0 Å². The molecule has 1 aromatic heterocycles.